The molecular weight excluding hydrogens is 268 g/mol. The van der Waals surface area contributed by atoms with Crippen LogP contribution in [0.25, 0.3) is 11.4 Å². The van der Waals surface area contributed by atoms with Gasteiger partial charge in [-0.15, -0.1) is 5.10 Å². The first kappa shape index (κ1) is 9.84. The van der Waals surface area contributed by atoms with Crippen molar-refractivity contribution in [1.82, 2.24) is 20.4 Å². The number of carbonyl (C=O) groups excluding carboxylic acids is 1. The first-order valence-corrected chi connectivity index (χ1v) is 4.68. The molecule has 2 rings (SSSR count). The minimum atomic E-state index is -0.511. The monoisotopic (exact) mass is 272 g/mol. The molecular formula is C7H5BrN4O3. The van der Waals surface area contributed by atoms with E-state index in [9.17, 15) is 4.79 Å². The zero-order valence-corrected chi connectivity index (χ0v) is 9.13. The molecule has 0 aliphatic rings. The molecule has 0 N–H and O–H groups in total. The summed E-state index contributed by atoms with van der Waals surface area (Å²) < 4.78 is 5.48. The summed E-state index contributed by atoms with van der Waals surface area (Å²) in [5.41, 5.74) is 0.598. The van der Waals surface area contributed by atoms with Crippen molar-refractivity contribution in [2.24, 2.45) is 0 Å². The number of nitrogens with zero attached hydrogens (tertiary/aromatic N) is 4. The van der Waals surface area contributed by atoms with Gasteiger partial charge in [0.15, 0.2) is 4.67 Å². The molecule has 2 aromatic rings. The quantitative estimate of drug-likeness (QED) is 0.748. The number of hydrogen-bond acceptors (Lipinski definition) is 6. The molecule has 0 atom stereocenters. The number of carbonyl (C=O) groups is 1. The second kappa shape index (κ2) is 3.81. The highest BCUT2D eigenvalue weighted by atomic mass is 79.9. The summed E-state index contributed by atoms with van der Waals surface area (Å²) in [7, 11) is 0. The molecule has 0 fully saturated rings. The number of rotatable bonds is 2. The maximum absolute atomic E-state index is 10.7. The highest BCUT2D eigenvalue weighted by Crippen LogP contribution is 2.26. The summed E-state index contributed by atoms with van der Waals surface area (Å²) in [6.07, 6.45) is 1.46. The molecule has 78 valence electrons. The number of hydrogen-bond donors (Lipinski definition) is 0. The minimum absolute atomic E-state index is 0.283. The third kappa shape index (κ3) is 1.89. The van der Waals surface area contributed by atoms with E-state index in [1.807, 2.05) is 0 Å². The molecule has 0 unspecified atom stereocenters. The Hall–Kier alpha value is -1.70. The van der Waals surface area contributed by atoms with Crippen LogP contribution in [0.15, 0.2) is 21.4 Å². The lowest BCUT2D eigenvalue weighted by Crippen LogP contribution is -2.19. The van der Waals surface area contributed by atoms with Crippen molar-refractivity contribution in [1.29, 1.82) is 0 Å². The number of furan rings is 1. The normalized spacial score (nSPS) is 10.3. The van der Waals surface area contributed by atoms with Crippen LogP contribution in [0.3, 0.4) is 0 Å². The average Bonchev–Trinajstić information content (AvgIpc) is 2.73. The van der Waals surface area contributed by atoms with Crippen LogP contribution in [-0.4, -0.2) is 26.3 Å². The minimum Gasteiger partial charge on any atom is -0.457 e. The number of aromatic nitrogens is 4. The van der Waals surface area contributed by atoms with E-state index in [1.165, 1.54) is 13.2 Å². The molecule has 0 amide bonds. The Bertz CT molecular complexity index is 492. The van der Waals surface area contributed by atoms with Gasteiger partial charge in [0.2, 0.25) is 5.82 Å². The maximum Gasteiger partial charge on any atom is 0.332 e. The fourth-order valence-corrected chi connectivity index (χ4v) is 1.39. The van der Waals surface area contributed by atoms with Gasteiger partial charge < -0.3 is 9.25 Å². The van der Waals surface area contributed by atoms with Gasteiger partial charge in [0.1, 0.15) is 0 Å². The molecule has 0 radical (unpaired) electrons. The molecule has 15 heavy (non-hydrogen) atoms. The van der Waals surface area contributed by atoms with Crippen LogP contribution in [0.1, 0.15) is 6.92 Å². The third-order valence-corrected chi connectivity index (χ3v) is 2.13. The summed E-state index contributed by atoms with van der Waals surface area (Å²) in [5, 5.41) is 10.6. The van der Waals surface area contributed by atoms with Crippen molar-refractivity contribution >= 4 is 21.9 Å². The van der Waals surface area contributed by atoms with Gasteiger partial charge in [-0.1, -0.05) is 0 Å². The lowest BCUT2D eigenvalue weighted by Gasteiger charge is -1.99. The van der Waals surface area contributed by atoms with E-state index in [0.717, 1.165) is 4.85 Å². The molecule has 0 spiro atoms. The van der Waals surface area contributed by atoms with Crippen molar-refractivity contribution in [2.75, 3.05) is 0 Å². The Balaban J connectivity index is 2.41. The fraction of sp³-hybridized carbons (Fsp3) is 0.143. The summed E-state index contributed by atoms with van der Waals surface area (Å²) >= 11 is 3.17. The zero-order valence-electron chi connectivity index (χ0n) is 7.55. The third-order valence-electron chi connectivity index (χ3n) is 1.52. The van der Waals surface area contributed by atoms with E-state index in [1.54, 1.807) is 6.07 Å². The van der Waals surface area contributed by atoms with Gasteiger partial charge in [0.25, 0.3) is 0 Å². The molecule has 8 heteroatoms. The van der Waals surface area contributed by atoms with Crippen molar-refractivity contribution in [2.45, 2.75) is 6.92 Å². The predicted molar refractivity (Wildman–Crippen MR) is 50.5 cm³/mol. The highest BCUT2D eigenvalue weighted by molar-refractivity contribution is 9.10. The number of tetrazole rings is 1. The Labute approximate surface area is 92.1 Å². The number of halogens is 1. The van der Waals surface area contributed by atoms with Crippen LogP contribution in [0.5, 0.6) is 0 Å². The van der Waals surface area contributed by atoms with Crippen LogP contribution in [0.2, 0.25) is 0 Å². The van der Waals surface area contributed by atoms with Crippen LogP contribution in [0.4, 0.5) is 0 Å². The Morgan fingerprint density at radius 3 is 3.07 bits per heavy atom. The molecule has 0 aliphatic carbocycles. The Morgan fingerprint density at radius 2 is 2.47 bits per heavy atom. The SMILES string of the molecule is CC(=O)On1nnnc1-c1ccoc1Br. The zero-order chi connectivity index (χ0) is 10.8. The second-order valence-corrected chi connectivity index (χ2v) is 3.29. The summed E-state index contributed by atoms with van der Waals surface area (Å²) in [6, 6.07) is 1.65. The predicted octanol–water partition coefficient (Wildman–Crippen LogP) is 0.671. The fourth-order valence-electron chi connectivity index (χ4n) is 0.973. The first-order valence-electron chi connectivity index (χ1n) is 3.89. The van der Waals surface area contributed by atoms with Crippen molar-refractivity contribution in [3.8, 4) is 11.4 Å². The standard InChI is InChI=1S/C7H5BrN4O3/c1-4(13)15-12-7(9-10-11-12)5-2-3-14-6(5)8/h2-3H,1H3. The lowest BCUT2D eigenvalue weighted by molar-refractivity contribution is -0.143. The Kier molecular flexibility index (Phi) is 2.50. The molecule has 2 aromatic heterocycles. The summed E-state index contributed by atoms with van der Waals surface area (Å²) in [4.78, 5) is 16.4. The first-order chi connectivity index (χ1) is 7.18. The summed E-state index contributed by atoms with van der Waals surface area (Å²) in [6.45, 7) is 1.26. The molecule has 0 aliphatic heterocycles. The van der Waals surface area contributed by atoms with E-state index in [-0.39, 0.29) is 5.82 Å². The van der Waals surface area contributed by atoms with Gasteiger partial charge in [-0.05, 0) is 37.3 Å². The van der Waals surface area contributed by atoms with Gasteiger partial charge in [0, 0.05) is 6.92 Å². The van der Waals surface area contributed by atoms with Gasteiger partial charge in [-0.25, -0.2) is 4.79 Å². The maximum atomic E-state index is 10.7. The highest BCUT2D eigenvalue weighted by Gasteiger charge is 2.16. The van der Waals surface area contributed by atoms with Crippen LogP contribution in [0, 0.1) is 0 Å². The van der Waals surface area contributed by atoms with Crippen LogP contribution >= 0.6 is 15.9 Å². The lowest BCUT2D eigenvalue weighted by atomic mass is 10.3. The van der Waals surface area contributed by atoms with Gasteiger partial charge in [0.05, 0.1) is 11.8 Å². The molecule has 0 aromatic carbocycles. The molecule has 0 saturated heterocycles. The van der Waals surface area contributed by atoms with Crippen molar-refractivity contribution in [3.05, 3.63) is 17.0 Å². The van der Waals surface area contributed by atoms with Gasteiger partial charge in [-0.3, -0.25) is 0 Å². The van der Waals surface area contributed by atoms with Gasteiger partial charge in [-0.2, -0.15) is 0 Å². The van der Waals surface area contributed by atoms with E-state index in [4.69, 9.17) is 9.25 Å². The van der Waals surface area contributed by atoms with E-state index >= 15 is 0 Å². The smallest absolute Gasteiger partial charge is 0.332 e. The largest absolute Gasteiger partial charge is 0.457 e. The molecule has 7 nitrogen and oxygen atoms in total. The average molecular weight is 273 g/mol. The van der Waals surface area contributed by atoms with Crippen LogP contribution < -0.4 is 4.84 Å². The molecule has 2 heterocycles. The molecule has 0 bridgehead atoms. The second-order valence-electron chi connectivity index (χ2n) is 2.57. The summed E-state index contributed by atoms with van der Waals surface area (Å²) in [5.74, 6) is -0.228. The van der Waals surface area contributed by atoms with Crippen LogP contribution in [-0.2, 0) is 4.79 Å². The van der Waals surface area contributed by atoms with E-state index in [2.05, 4.69) is 31.5 Å². The van der Waals surface area contributed by atoms with E-state index < -0.39 is 5.97 Å². The molecule has 0 saturated carbocycles. The van der Waals surface area contributed by atoms with Crippen molar-refractivity contribution < 1.29 is 14.0 Å². The topological polar surface area (TPSA) is 83.0 Å². The van der Waals surface area contributed by atoms with E-state index in [0.29, 0.717) is 10.2 Å². The Morgan fingerprint density at radius 1 is 1.67 bits per heavy atom. The van der Waals surface area contributed by atoms with Gasteiger partial charge >= 0.3 is 5.97 Å². The van der Waals surface area contributed by atoms with Crippen molar-refractivity contribution in [3.63, 3.8) is 0 Å².